The zero-order chi connectivity index (χ0) is 25.7. The van der Waals surface area contributed by atoms with Crippen molar-refractivity contribution in [3.05, 3.63) is 35.9 Å². The summed E-state index contributed by atoms with van der Waals surface area (Å²) >= 11 is 1.55. The number of aliphatic hydroxyl groups is 1. The van der Waals surface area contributed by atoms with Crippen molar-refractivity contribution in [1.82, 2.24) is 4.90 Å². The highest BCUT2D eigenvalue weighted by Gasteiger charge is 2.41. The van der Waals surface area contributed by atoms with Crippen molar-refractivity contribution in [1.29, 1.82) is 0 Å². The summed E-state index contributed by atoms with van der Waals surface area (Å²) in [6, 6.07) is 9.58. The molecule has 0 aliphatic carbocycles. The van der Waals surface area contributed by atoms with Gasteiger partial charge in [-0.15, -0.1) is 11.8 Å². The lowest BCUT2D eigenvalue weighted by molar-refractivity contribution is -0.170. The summed E-state index contributed by atoms with van der Waals surface area (Å²) in [5.74, 6) is -4.93. The molecule has 33 heavy (non-hydrogen) atoms. The summed E-state index contributed by atoms with van der Waals surface area (Å²) < 4.78 is -0.825. The number of carbonyl (C=O) groups is 4. The second-order valence-corrected chi connectivity index (χ2v) is 8.60. The third kappa shape index (κ3) is 9.80. The number of thioether (sulfide) groups is 1. The van der Waals surface area contributed by atoms with Crippen molar-refractivity contribution >= 4 is 35.6 Å². The molecule has 186 valence electrons. The summed E-state index contributed by atoms with van der Waals surface area (Å²) in [4.78, 5) is 44.6. The van der Waals surface area contributed by atoms with Crippen LogP contribution in [0.2, 0.25) is 0 Å². The molecule has 1 rings (SSSR count). The molecule has 0 aliphatic heterocycles. The predicted octanol–water partition coefficient (Wildman–Crippen LogP) is 2.20. The molecule has 0 bridgehead atoms. The third-order valence-corrected chi connectivity index (χ3v) is 6.60. The first-order valence-corrected chi connectivity index (χ1v) is 11.4. The molecule has 0 aliphatic rings. The maximum Gasteiger partial charge on any atom is 0.336 e. The number of aliphatic carboxylic acids is 4. The van der Waals surface area contributed by atoms with E-state index in [0.717, 1.165) is 31.0 Å². The fourth-order valence-electron chi connectivity index (χ4n) is 3.04. The fourth-order valence-corrected chi connectivity index (χ4v) is 4.36. The lowest BCUT2D eigenvalue weighted by atomic mass is 9.95. The highest BCUT2D eigenvalue weighted by atomic mass is 32.2. The van der Waals surface area contributed by atoms with Crippen LogP contribution in [0.25, 0.3) is 0 Å². The average Bonchev–Trinajstić information content (AvgIpc) is 2.74. The first-order chi connectivity index (χ1) is 15.4. The number of benzene rings is 1. The zero-order valence-corrected chi connectivity index (χ0v) is 19.9. The van der Waals surface area contributed by atoms with Gasteiger partial charge in [0.05, 0.1) is 12.8 Å². The SMILES string of the molecule is CCN(CC)CCSC(CC)(C(=O)O)c1ccccc1.O=C(O)CC(O)(CC(=O)O)C(=O)O. The van der Waals surface area contributed by atoms with Crippen molar-refractivity contribution in [2.75, 3.05) is 25.4 Å². The zero-order valence-electron chi connectivity index (χ0n) is 19.1. The Morgan fingerprint density at radius 3 is 1.67 bits per heavy atom. The monoisotopic (exact) mass is 487 g/mol. The molecule has 0 aromatic heterocycles. The van der Waals surface area contributed by atoms with E-state index in [1.54, 1.807) is 11.8 Å². The Balaban J connectivity index is 0.000000684. The largest absolute Gasteiger partial charge is 0.481 e. The highest BCUT2D eigenvalue weighted by Crippen LogP contribution is 2.40. The number of nitrogens with zero attached hydrogens (tertiary/aromatic N) is 1. The second kappa shape index (κ2) is 14.5. The van der Waals surface area contributed by atoms with E-state index in [2.05, 4.69) is 18.7 Å². The Labute approximate surface area is 197 Å². The molecule has 0 saturated carbocycles. The lowest BCUT2D eigenvalue weighted by Gasteiger charge is -2.29. The van der Waals surface area contributed by atoms with Crippen LogP contribution in [0.3, 0.4) is 0 Å². The summed E-state index contributed by atoms with van der Waals surface area (Å²) in [5, 5.41) is 43.5. The molecule has 0 fully saturated rings. The van der Waals surface area contributed by atoms with Gasteiger partial charge in [0.1, 0.15) is 4.75 Å². The molecule has 0 spiro atoms. The number of hydrogen-bond donors (Lipinski definition) is 5. The van der Waals surface area contributed by atoms with Crippen LogP contribution in [0.1, 0.15) is 45.6 Å². The molecule has 11 heteroatoms. The van der Waals surface area contributed by atoms with E-state index >= 15 is 0 Å². The molecule has 0 amide bonds. The Bertz CT molecular complexity index is 767. The minimum Gasteiger partial charge on any atom is -0.481 e. The van der Waals surface area contributed by atoms with E-state index in [1.165, 1.54) is 0 Å². The van der Waals surface area contributed by atoms with Crippen LogP contribution in [-0.2, 0) is 23.9 Å². The lowest BCUT2D eigenvalue weighted by Crippen LogP contribution is -2.42. The third-order valence-electron chi connectivity index (χ3n) is 5.02. The Morgan fingerprint density at radius 1 is 0.848 bits per heavy atom. The van der Waals surface area contributed by atoms with Crippen molar-refractivity contribution < 1.29 is 44.7 Å². The molecule has 10 nitrogen and oxygen atoms in total. The maximum atomic E-state index is 11.8. The van der Waals surface area contributed by atoms with Crippen LogP contribution in [-0.4, -0.2) is 85.3 Å². The van der Waals surface area contributed by atoms with Crippen molar-refractivity contribution in [2.24, 2.45) is 0 Å². The Morgan fingerprint density at radius 2 is 1.33 bits per heavy atom. The van der Waals surface area contributed by atoms with Crippen molar-refractivity contribution in [2.45, 2.75) is 50.4 Å². The van der Waals surface area contributed by atoms with Crippen molar-refractivity contribution in [3.8, 4) is 0 Å². The van der Waals surface area contributed by atoms with Crippen LogP contribution in [0, 0.1) is 0 Å². The van der Waals surface area contributed by atoms with Crippen molar-refractivity contribution in [3.63, 3.8) is 0 Å². The van der Waals surface area contributed by atoms with Gasteiger partial charge < -0.3 is 30.4 Å². The Kier molecular flexibility index (Phi) is 13.3. The van der Waals surface area contributed by atoms with E-state index in [4.69, 9.17) is 20.4 Å². The molecular formula is C22H33NO9S. The summed E-state index contributed by atoms with van der Waals surface area (Å²) in [5.41, 5.74) is -1.85. The smallest absolute Gasteiger partial charge is 0.336 e. The minimum absolute atomic E-state index is 0.593. The topological polar surface area (TPSA) is 173 Å². The highest BCUT2D eigenvalue weighted by molar-refractivity contribution is 8.00. The van der Waals surface area contributed by atoms with Gasteiger partial charge in [0.25, 0.3) is 0 Å². The molecule has 1 unspecified atom stereocenters. The summed E-state index contributed by atoms with van der Waals surface area (Å²) in [7, 11) is 0. The van der Waals surface area contributed by atoms with Gasteiger partial charge in [0.15, 0.2) is 5.60 Å². The van der Waals surface area contributed by atoms with Crippen LogP contribution in [0.5, 0.6) is 0 Å². The quantitative estimate of drug-likeness (QED) is 0.260. The fraction of sp³-hybridized carbons (Fsp3) is 0.545. The van der Waals surface area contributed by atoms with Gasteiger partial charge in [0, 0.05) is 12.3 Å². The normalized spacial score (nSPS) is 12.9. The van der Waals surface area contributed by atoms with Gasteiger partial charge >= 0.3 is 23.9 Å². The van der Waals surface area contributed by atoms with Crippen LogP contribution < -0.4 is 0 Å². The van der Waals surface area contributed by atoms with E-state index in [9.17, 15) is 24.3 Å². The predicted molar refractivity (Wildman–Crippen MR) is 123 cm³/mol. The molecule has 0 saturated heterocycles. The molecule has 1 aromatic rings. The second-order valence-electron chi connectivity index (χ2n) is 7.20. The van der Waals surface area contributed by atoms with Gasteiger partial charge in [-0.05, 0) is 25.1 Å². The molecular weight excluding hydrogens is 454 g/mol. The molecule has 1 aromatic carbocycles. The van der Waals surface area contributed by atoms with Crippen LogP contribution >= 0.6 is 11.8 Å². The van der Waals surface area contributed by atoms with Gasteiger partial charge in [-0.2, -0.15) is 0 Å². The number of rotatable bonds is 14. The van der Waals surface area contributed by atoms with E-state index in [0.29, 0.717) is 6.42 Å². The minimum atomic E-state index is -2.74. The summed E-state index contributed by atoms with van der Waals surface area (Å²) in [6.07, 6.45) is -1.70. The molecule has 0 radical (unpaired) electrons. The number of carboxylic acids is 4. The maximum absolute atomic E-state index is 11.8. The average molecular weight is 488 g/mol. The van der Waals surface area contributed by atoms with Gasteiger partial charge in [0.2, 0.25) is 0 Å². The van der Waals surface area contributed by atoms with E-state index in [1.807, 2.05) is 37.3 Å². The Hall–Kier alpha value is -2.63. The van der Waals surface area contributed by atoms with E-state index < -0.39 is 47.1 Å². The number of carboxylic acid groups (broad SMARTS) is 4. The van der Waals surface area contributed by atoms with E-state index in [-0.39, 0.29) is 0 Å². The standard InChI is InChI=1S/C16H25NO2S.C6H8O7/c1-4-16(15(18)19,14-10-8-7-9-11-14)20-13-12-17(5-2)6-3;7-3(8)1-6(13,5(11)12)2-4(9)10/h7-11H,4-6,12-13H2,1-3H3,(H,18,19);13H,1-2H2,(H,7,8)(H,9,10)(H,11,12). The first-order valence-electron chi connectivity index (χ1n) is 10.4. The number of hydrogen-bond acceptors (Lipinski definition) is 7. The van der Waals surface area contributed by atoms with Gasteiger partial charge in [-0.1, -0.05) is 51.1 Å². The van der Waals surface area contributed by atoms with Gasteiger partial charge in [-0.25, -0.2) is 4.79 Å². The van der Waals surface area contributed by atoms with Crippen LogP contribution in [0.15, 0.2) is 30.3 Å². The molecule has 0 heterocycles. The summed E-state index contributed by atoms with van der Waals surface area (Å²) in [6.45, 7) is 9.17. The molecule has 5 N–H and O–H groups in total. The molecule has 1 atom stereocenters. The first kappa shape index (κ1) is 30.4. The van der Waals surface area contributed by atoms with Gasteiger partial charge in [-0.3, -0.25) is 14.4 Å². The van der Waals surface area contributed by atoms with Crippen LogP contribution in [0.4, 0.5) is 0 Å².